The molecule has 1 amide bonds. The van der Waals surface area contributed by atoms with Gasteiger partial charge in [-0.3, -0.25) is 4.79 Å². The van der Waals surface area contributed by atoms with Crippen LogP contribution >= 0.6 is 11.3 Å². The van der Waals surface area contributed by atoms with Gasteiger partial charge in [-0.05, 0) is 45.1 Å². The van der Waals surface area contributed by atoms with Gasteiger partial charge in [-0.2, -0.15) is 0 Å². The van der Waals surface area contributed by atoms with Gasteiger partial charge in [0.2, 0.25) is 0 Å². The third-order valence-corrected chi connectivity index (χ3v) is 4.26. The number of nitrogens with zero attached hydrogens (tertiary/aromatic N) is 1. The number of fused-ring (bicyclic) bond motifs is 1. The Morgan fingerprint density at radius 3 is 2.69 bits per heavy atom. The number of aryl methyl sites for hydroxylation is 1. The minimum absolute atomic E-state index is 0.171. The van der Waals surface area contributed by atoms with E-state index >= 15 is 0 Å². The van der Waals surface area contributed by atoms with Crippen LogP contribution in [0.3, 0.4) is 0 Å². The summed E-state index contributed by atoms with van der Waals surface area (Å²) in [6.45, 7) is 5.63. The van der Waals surface area contributed by atoms with Crippen molar-refractivity contribution in [2.45, 2.75) is 39.5 Å². The fourth-order valence-electron chi connectivity index (χ4n) is 2.27. The van der Waals surface area contributed by atoms with E-state index in [2.05, 4.69) is 5.38 Å². The van der Waals surface area contributed by atoms with Crippen molar-refractivity contribution >= 4 is 17.2 Å². The largest absolute Gasteiger partial charge is 0.339 e. The topological polar surface area (TPSA) is 20.3 Å². The maximum atomic E-state index is 12.2. The van der Waals surface area contributed by atoms with Crippen molar-refractivity contribution in [2.75, 3.05) is 13.1 Å². The van der Waals surface area contributed by atoms with E-state index in [1.54, 1.807) is 11.3 Å². The third-order valence-electron chi connectivity index (χ3n) is 3.26. The van der Waals surface area contributed by atoms with E-state index in [1.165, 1.54) is 23.3 Å². The summed E-state index contributed by atoms with van der Waals surface area (Å²) in [6.07, 6.45) is 4.69. The molecule has 1 aliphatic rings. The molecule has 0 bridgehead atoms. The number of amides is 1. The Bertz CT molecular complexity index is 379. The first-order valence-corrected chi connectivity index (χ1v) is 6.91. The minimum atomic E-state index is 0.171. The Kier molecular flexibility index (Phi) is 3.64. The van der Waals surface area contributed by atoms with Gasteiger partial charge in [0.1, 0.15) is 0 Å². The van der Waals surface area contributed by atoms with Gasteiger partial charge >= 0.3 is 0 Å². The van der Waals surface area contributed by atoms with Gasteiger partial charge < -0.3 is 4.90 Å². The summed E-state index contributed by atoms with van der Waals surface area (Å²) in [4.78, 5) is 15.5. The van der Waals surface area contributed by atoms with Crippen LogP contribution in [0.5, 0.6) is 0 Å². The molecule has 1 aliphatic carbocycles. The summed E-state index contributed by atoms with van der Waals surface area (Å²) in [7, 11) is 0. The summed E-state index contributed by atoms with van der Waals surface area (Å²) in [5.41, 5.74) is 2.14. The van der Waals surface area contributed by atoms with Crippen molar-refractivity contribution in [1.82, 2.24) is 4.90 Å². The van der Waals surface area contributed by atoms with Crippen LogP contribution in [0.2, 0.25) is 0 Å². The quantitative estimate of drug-likeness (QED) is 0.790. The molecule has 3 heteroatoms. The maximum Gasteiger partial charge on any atom is 0.255 e. The molecule has 1 aromatic rings. The number of hydrogen-bond acceptors (Lipinski definition) is 2. The van der Waals surface area contributed by atoms with Gasteiger partial charge in [0, 0.05) is 18.0 Å². The highest BCUT2D eigenvalue weighted by Gasteiger charge is 2.22. The van der Waals surface area contributed by atoms with E-state index in [0.29, 0.717) is 0 Å². The molecule has 0 spiro atoms. The number of hydrogen-bond donors (Lipinski definition) is 0. The molecule has 1 heterocycles. The molecule has 2 nitrogen and oxygen atoms in total. The van der Waals surface area contributed by atoms with Crippen LogP contribution in [-0.4, -0.2) is 23.9 Å². The van der Waals surface area contributed by atoms with E-state index in [4.69, 9.17) is 0 Å². The lowest BCUT2D eigenvalue weighted by Gasteiger charge is -2.20. The lowest BCUT2D eigenvalue weighted by molar-refractivity contribution is 0.0772. The molecular formula is C13H18NOS. The highest BCUT2D eigenvalue weighted by Crippen LogP contribution is 2.30. The number of thiophene rings is 1. The number of rotatable bonds is 3. The lowest BCUT2D eigenvalue weighted by Crippen LogP contribution is -2.31. The monoisotopic (exact) mass is 236 g/mol. The maximum absolute atomic E-state index is 12.2. The van der Waals surface area contributed by atoms with Gasteiger partial charge in [0.05, 0.1) is 10.9 Å². The predicted octanol–water partition coefficient (Wildman–Crippen LogP) is 2.91. The normalized spacial score (nSPS) is 14.6. The zero-order chi connectivity index (χ0) is 11.5. The van der Waals surface area contributed by atoms with Crippen LogP contribution in [0.1, 0.15) is 47.5 Å². The second-order valence-electron chi connectivity index (χ2n) is 4.17. The van der Waals surface area contributed by atoms with Crippen LogP contribution in [0.25, 0.3) is 0 Å². The molecule has 0 unspecified atom stereocenters. The molecule has 0 atom stereocenters. The SMILES string of the molecule is CCN(CC)C(=O)c1[c]sc2c1CCCC2. The fraction of sp³-hybridized carbons (Fsp3) is 0.615. The molecule has 0 saturated carbocycles. The highest BCUT2D eigenvalue weighted by molar-refractivity contribution is 7.10. The summed E-state index contributed by atoms with van der Waals surface area (Å²) in [5, 5.41) is 3.22. The van der Waals surface area contributed by atoms with E-state index in [0.717, 1.165) is 31.5 Å². The number of carbonyl (C=O) groups excluding carboxylic acids is 1. The molecule has 1 radical (unpaired) electrons. The first kappa shape index (κ1) is 11.6. The smallest absolute Gasteiger partial charge is 0.255 e. The van der Waals surface area contributed by atoms with Crippen LogP contribution in [0.4, 0.5) is 0 Å². The van der Waals surface area contributed by atoms with Gasteiger partial charge in [-0.1, -0.05) is 0 Å². The van der Waals surface area contributed by atoms with Gasteiger partial charge in [-0.15, -0.1) is 11.3 Å². The second-order valence-corrected chi connectivity index (χ2v) is 5.07. The van der Waals surface area contributed by atoms with Gasteiger partial charge in [0.25, 0.3) is 5.91 Å². The van der Waals surface area contributed by atoms with Crippen molar-refractivity contribution in [3.63, 3.8) is 0 Å². The Hall–Kier alpha value is -0.830. The predicted molar refractivity (Wildman–Crippen MR) is 67.0 cm³/mol. The zero-order valence-electron chi connectivity index (χ0n) is 10.0. The average Bonchev–Trinajstić information content (AvgIpc) is 2.74. The summed E-state index contributed by atoms with van der Waals surface area (Å²) in [5.74, 6) is 0.171. The van der Waals surface area contributed by atoms with Crippen molar-refractivity contribution in [3.8, 4) is 0 Å². The van der Waals surface area contributed by atoms with Crippen LogP contribution in [0.15, 0.2) is 0 Å². The molecule has 2 rings (SSSR count). The van der Waals surface area contributed by atoms with Gasteiger partial charge in [0.15, 0.2) is 0 Å². The van der Waals surface area contributed by atoms with Crippen LogP contribution in [-0.2, 0) is 12.8 Å². The summed E-state index contributed by atoms with van der Waals surface area (Å²) in [6, 6.07) is 0. The number of carbonyl (C=O) groups is 1. The average molecular weight is 236 g/mol. The molecule has 0 saturated heterocycles. The molecule has 16 heavy (non-hydrogen) atoms. The second kappa shape index (κ2) is 5.00. The molecule has 0 N–H and O–H groups in total. The van der Waals surface area contributed by atoms with Crippen LogP contribution < -0.4 is 0 Å². The van der Waals surface area contributed by atoms with Gasteiger partial charge in [-0.25, -0.2) is 0 Å². The standard InChI is InChI=1S/C13H18NOS/c1-3-14(4-2)13(15)11-9-16-12-8-6-5-7-10(11)12/h3-8H2,1-2H3. The third kappa shape index (κ3) is 2.01. The van der Waals surface area contributed by atoms with Crippen molar-refractivity contribution in [3.05, 3.63) is 21.4 Å². The minimum Gasteiger partial charge on any atom is -0.339 e. The lowest BCUT2D eigenvalue weighted by atomic mass is 9.95. The Labute approximate surface area is 101 Å². The van der Waals surface area contributed by atoms with E-state index in [-0.39, 0.29) is 5.91 Å². The molecular weight excluding hydrogens is 218 g/mol. The molecule has 0 aromatic carbocycles. The van der Waals surface area contributed by atoms with E-state index < -0.39 is 0 Å². The fourth-order valence-corrected chi connectivity index (χ4v) is 3.28. The molecule has 0 aliphatic heterocycles. The Morgan fingerprint density at radius 2 is 2.00 bits per heavy atom. The Balaban J connectivity index is 2.26. The zero-order valence-corrected chi connectivity index (χ0v) is 10.8. The van der Waals surface area contributed by atoms with Crippen molar-refractivity contribution < 1.29 is 4.79 Å². The van der Waals surface area contributed by atoms with Crippen LogP contribution in [0, 0.1) is 5.38 Å². The first-order valence-electron chi connectivity index (χ1n) is 6.09. The van der Waals surface area contributed by atoms with Crippen molar-refractivity contribution in [2.24, 2.45) is 0 Å². The summed E-state index contributed by atoms with van der Waals surface area (Å²) >= 11 is 1.65. The Morgan fingerprint density at radius 1 is 1.31 bits per heavy atom. The highest BCUT2D eigenvalue weighted by atomic mass is 32.1. The first-order chi connectivity index (χ1) is 7.77. The summed E-state index contributed by atoms with van der Waals surface area (Å²) < 4.78 is 0. The molecule has 0 fully saturated rings. The molecule has 87 valence electrons. The van der Waals surface area contributed by atoms with E-state index in [1.807, 2.05) is 18.7 Å². The van der Waals surface area contributed by atoms with E-state index in [9.17, 15) is 4.79 Å². The van der Waals surface area contributed by atoms with Crippen molar-refractivity contribution in [1.29, 1.82) is 0 Å². The molecule has 1 aromatic heterocycles.